The number of hydrogen-bond donors (Lipinski definition) is 3. The highest BCUT2D eigenvalue weighted by Crippen LogP contribution is 2.17. The Bertz CT molecular complexity index is 384. The molecule has 0 saturated heterocycles. The summed E-state index contributed by atoms with van der Waals surface area (Å²) in [6.45, 7) is 2.17. The summed E-state index contributed by atoms with van der Waals surface area (Å²) in [4.78, 5) is 10.4. The van der Waals surface area contributed by atoms with Gasteiger partial charge >= 0.3 is 5.97 Å². The Labute approximate surface area is 105 Å². The molecule has 0 aliphatic rings. The summed E-state index contributed by atoms with van der Waals surface area (Å²) in [6, 6.07) is 7.41. The molecule has 2 atom stereocenters. The lowest BCUT2D eigenvalue weighted by Gasteiger charge is -2.16. The minimum atomic E-state index is -1.00. The third-order valence-electron chi connectivity index (χ3n) is 2.42. The number of nitrogens with one attached hydrogen (secondary N) is 1. The topological polar surface area (TPSA) is 69.6 Å². The van der Waals surface area contributed by atoms with Crippen molar-refractivity contribution < 1.29 is 15.0 Å². The minimum absolute atomic E-state index is 0.0112. The van der Waals surface area contributed by atoms with Gasteiger partial charge in [-0.3, -0.25) is 4.79 Å². The van der Waals surface area contributed by atoms with Gasteiger partial charge < -0.3 is 15.5 Å². The molecule has 0 bridgehead atoms. The fraction of sp³-hybridized carbons (Fsp3) is 0.417. The molecule has 0 spiro atoms. The molecule has 0 aliphatic heterocycles. The first-order chi connectivity index (χ1) is 7.99. The summed E-state index contributed by atoms with van der Waals surface area (Å²) in [6.07, 6.45) is -1.14. The van der Waals surface area contributed by atoms with Gasteiger partial charge in [0.1, 0.15) is 0 Å². The number of hydrogen-bond acceptors (Lipinski definition) is 3. The molecule has 0 radical (unpaired) electrons. The van der Waals surface area contributed by atoms with Crippen LogP contribution in [0.4, 0.5) is 0 Å². The van der Waals surface area contributed by atoms with Crippen molar-refractivity contribution in [3.8, 4) is 0 Å². The summed E-state index contributed by atoms with van der Waals surface area (Å²) in [5.74, 6) is -1.00. The van der Waals surface area contributed by atoms with Crippen LogP contribution in [0.25, 0.3) is 0 Å². The largest absolute Gasteiger partial charge is 0.481 e. The van der Waals surface area contributed by atoms with E-state index in [1.165, 1.54) is 0 Å². The predicted molar refractivity (Wildman–Crippen MR) is 66.1 cm³/mol. The number of benzene rings is 1. The van der Waals surface area contributed by atoms with E-state index >= 15 is 0 Å². The van der Waals surface area contributed by atoms with E-state index in [2.05, 4.69) is 5.32 Å². The summed E-state index contributed by atoms with van der Waals surface area (Å²) in [5.41, 5.74) is 1.00. The Morgan fingerprint density at radius 1 is 1.53 bits per heavy atom. The molecule has 0 amide bonds. The zero-order valence-electron chi connectivity index (χ0n) is 9.56. The summed E-state index contributed by atoms with van der Waals surface area (Å²) < 4.78 is 0. The third-order valence-corrected chi connectivity index (χ3v) is 2.65. The van der Waals surface area contributed by atoms with Crippen molar-refractivity contribution in [2.24, 2.45) is 0 Å². The van der Waals surface area contributed by atoms with Crippen molar-refractivity contribution in [3.63, 3.8) is 0 Å². The first-order valence-electron chi connectivity index (χ1n) is 5.37. The third kappa shape index (κ3) is 5.17. The van der Waals surface area contributed by atoms with Gasteiger partial charge in [-0.1, -0.05) is 23.7 Å². The number of halogens is 1. The van der Waals surface area contributed by atoms with Crippen molar-refractivity contribution in [3.05, 3.63) is 34.9 Å². The molecular weight excluding hydrogens is 242 g/mol. The van der Waals surface area contributed by atoms with Crippen LogP contribution in [-0.4, -0.2) is 28.8 Å². The van der Waals surface area contributed by atoms with E-state index in [4.69, 9.17) is 16.7 Å². The van der Waals surface area contributed by atoms with Crippen molar-refractivity contribution in [1.29, 1.82) is 0 Å². The number of aliphatic hydroxyl groups excluding tert-OH is 1. The fourth-order valence-corrected chi connectivity index (χ4v) is 1.68. The standard InChI is InChI=1S/C12H16ClNO3/c1-8(9-3-2-4-10(13)5-9)14-7-11(15)6-12(16)17/h2-5,8,11,14-15H,6-7H2,1H3,(H,16,17)/t8-,11?/m1/s1. The smallest absolute Gasteiger partial charge is 0.306 e. The van der Waals surface area contributed by atoms with Crippen LogP contribution in [0, 0.1) is 0 Å². The lowest BCUT2D eigenvalue weighted by molar-refractivity contribution is -0.139. The number of aliphatic hydroxyl groups is 1. The molecule has 0 heterocycles. The Morgan fingerprint density at radius 3 is 2.82 bits per heavy atom. The summed E-state index contributed by atoms with van der Waals surface area (Å²) in [7, 11) is 0. The Morgan fingerprint density at radius 2 is 2.24 bits per heavy atom. The van der Waals surface area contributed by atoms with E-state index in [0.29, 0.717) is 5.02 Å². The maximum Gasteiger partial charge on any atom is 0.306 e. The van der Waals surface area contributed by atoms with E-state index in [1.807, 2.05) is 25.1 Å². The second kappa shape index (κ2) is 6.59. The molecule has 1 unspecified atom stereocenters. The van der Waals surface area contributed by atoms with Crippen LogP contribution in [0.15, 0.2) is 24.3 Å². The Balaban J connectivity index is 2.44. The zero-order valence-corrected chi connectivity index (χ0v) is 10.3. The van der Waals surface area contributed by atoms with Crippen LogP contribution >= 0.6 is 11.6 Å². The van der Waals surface area contributed by atoms with Gasteiger partial charge in [0.05, 0.1) is 12.5 Å². The Hall–Kier alpha value is -1.10. The minimum Gasteiger partial charge on any atom is -0.481 e. The van der Waals surface area contributed by atoms with Gasteiger partial charge in [-0.25, -0.2) is 0 Å². The molecular formula is C12H16ClNO3. The Kier molecular flexibility index (Phi) is 5.41. The van der Waals surface area contributed by atoms with Crippen LogP contribution in [0.3, 0.4) is 0 Å². The van der Waals surface area contributed by atoms with Gasteiger partial charge in [-0.05, 0) is 24.6 Å². The van der Waals surface area contributed by atoms with Gasteiger partial charge in [-0.2, -0.15) is 0 Å². The molecule has 0 saturated carbocycles. The highest BCUT2D eigenvalue weighted by atomic mass is 35.5. The van der Waals surface area contributed by atoms with E-state index in [-0.39, 0.29) is 19.0 Å². The van der Waals surface area contributed by atoms with Crippen LogP contribution in [0.5, 0.6) is 0 Å². The van der Waals surface area contributed by atoms with Gasteiger partial charge in [0, 0.05) is 17.6 Å². The molecule has 1 rings (SSSR count). The molecule has 94 valence electrons. The molecule has 1 aromatic carbocycles. The maximum atomic E-state index is 10.4. The molecule has 5 heteroatoms. The van der Waals surface area contributed by atoms with Crippen molar-refractivity contribution in [2.45, 2.75) is 25.5 Å². The quantitative estimate of drug-likeness (QED) is 0.727. The predicted octanol–water partition coefficient (Wildman–Crippen LogP) is 1.83. The van der Waals surface area contributed by atoms with Crippen LogP contribution in [-0.2, 0) is 4.79 Å². The van der Waals surface area contributed by atoms with Crippen LogP contribution < -0.4 is 5.32 Å². The maximum absolute atomic E-state index is 10.4. The summed E-state index contributed by atoms with van der Waals surface area (Å²) in [5, 5.41) is 21.6. The number of carbonyl (C=O) groups is 1. The first-order valence-corrected chi connectivity index (χ1v) is 5.75. The van der Waals surface area contributed by atoms with E-state index in [9.17, 15) is 9.90 Å². The molecule has 3 N–H and O–H groups in total. The van der Waals surface area contributed by atoms with E-state index < -0.39 is 12.1 Å². The highest BCUT2D eigenvalue weighted by molar-refractivity contribution is 6.30. The fourth-order valence-electron chi connectivity index (χ4n) is 1.48. The number of rotatable bonds is 6. The summed E-state index contributed by atoms with van der Waals surface area (Å²) >= 11 is 5.87. The number of carboxylic acid groups (broad SMARTS) is 1. The second-order valence-corrected chi connectivity index (χ2v) is 4.37. The van der Waals surface area contributed by atoms with E-state index in [0.717, 1.165) is 5.56 Å². The number of carboxylic acids is 1. The average molecular weight is 258 g/mol. The number of aliphatic carboxylic acids is 1. The molecule has 0 aliphatic carbocycles. The lowest BCUT2D eigenvalue weighted by Crippen LogP contribution is -2.30. The van der Waals surface area contributed by atoms with E-state index in [1.54, 1.807) is 6.07 Å². The highest BCUT2D eigenvalue weighted by Gasteiger charge is 2.11. The molecule has 4 nitrogen and oxygen atoms in total. The SMILES string of the molecule is C[C@@H](NCC(O)CC(=O)O)c1cccc(Cl)c1. The van der Waals surface area contributed by atoms with Crippen LogP contribution in [0.1, 0.15) is 24.9 Å². The normalized spacial score (nSPS) is 14.3. The van der Waals surface area contributed by atoms with Crippen molar-refractivity contribution in [1.82, 2.24) is 5.32 Å². The zero-order chi connectivity index (χ0) is 12.8. The van der Waals surface area contributed by atoms with Gasteiger partial charge in [0.25, 0.3) is 0 Å². The van der Waals surface area contributed by atoms with Gasteiger partial charge in [-0.15, -0.1) is 0 Å². The first kappa shape index (κ1) is 14.0. The molecule has 0 fully saturated rings. The van der Waals surface area contributed by atoms with Crippen molar-refractivity contribution >= 4 is 17.6 Å². The molecule has 1 aromatic rings. The van der Waals surface area contributed by atoms with Gasteiger partial charge in [0.2, 0.25) is 0 Å². The van der Waals surface area contributed by atoms with Crippen molar-refractivity contribution in [2.75, 3.05) is 6.54 Å². The lowest BCUT2D eigenvalue weighted by atomic mass is 10.1. The average Bonchev–Trinajstić information content (AvgIpc) is 2.25. The van der Waals surface area contributed by atoms with Crippen LogP contribution in [0.2, 0.25) is 5.02 Å². The van der Waals surface area contributed by atoms with Gasteiger partial charge in [0.15, 0.2) is 0 Å². The molecule has 0 aromatic heterocycles. The monoisotopic (exact) mass is 257 g/mol. The molecule has 17 heavy (non-hydrogen) atoms. The second-order valence-electron chi connectivity index (χ2n) is 3.94.